The van der Waals surface area contributed by atoms with Crippen LogP contribution in [0, 0.1) is 0 Å². The third-order valence-electron chi connectivity index (χ3n) is 6.38. The number of halogens is 2. The van der Waals surface area contributed by atoms with Crippen molar-refractivity contribution in [3.05, 3.63) is 72.0 Å². The van der Waals surface area contributed by atoms with Gasteiger partial charge in [-0.3, -0.25) is 0 Å². The fourth-order valence-electron chi connectivity index (χ4n) is 4.66. The molecule has 1 atom stereocenters. The number of para-hydroxylation sites is 1. The standard InChI is InChI=1S/C26H25I2N2OS/c1-4-28(27)25(31)24(29(3)26(28)32)17(2)18-14-15-23-21(16-18)20-12-8-9-13-22(20)30(23)19-10-6-5-7-11-19/h6,8-16H,4-5,7H2,1-3H3/q-1/b24-17+. The summed E-state index contributed by atoms with van der Waals surface area (Å²) in [6.45, 7) is 4.17. The Balaban J connectivity index is 1.73. The molecule has 1 aromatic heterocycles. The van der Waals surface area contributed by atoms with Crippen LogP contribution in [-0.2, 0) is 4.79 Å². The topological polar surface area (TPSA) is 25.2 Å². The van der Waals surface area contributed by atoms with E-state index in [4.69, 9.17) is 12.2 Å². The maximum absolute atomic E-state index is 13.4. The molecule has 32 heavy (non-hydrogen) atoms. The Labute approximate surface area is 207 Å². The summed E-state index contributed by atoms with van der Waals surface area (Å²) in [4.78, 5) is 15.4. The molecule has 0 N–H and O–H groups in total. The minimum absolute atomic E-state index is 0.296. The van der Waals surface area contributed by atoms with E-state index in [9.17, 15) is 4.79 Å². The van der Waals surface area contributed by atoms with Gasteiger partial charge in [0, 0.05) is 0 Å². The number of aromatic nitrogens is 1. The molecule has 3 nitrogen and oxygen atoms in total. The molecule has 1 saturated heterocycles. The van der Waals surface area contributed by atoms with Crippen molar-refractivity contribution >= 4 is 70.7 Å². The number of fused-ring (bicyclic) bond motifs is 3. The van der Waals surface area contributed by atoms with Crippen molar-refractivity contribution in [2.45, 2.75) is 26.7 Å². The van der Waals surface area contributed by atoms with Crippen molar-refractivity contribution in [3.8, 4) is 0 Å². The van der Waals surface area contributed by atoms with Gasteiger partial charge in [0.1, 0.15) is 0 Å². The second-order valence-corrected chi connectivity index (χ2v) is 25.6. The van der Waals surface area contributed by atoms with E-state index in [1.165, 1.54) is 27.5 Å². The van der Waals surface area contributed by atoms with Crippen molar-refractivity contribution in [2.75, 3.05) is 11.5 Å². The molecule has 5 rings (SSSR count). The number of thiocarbonyl (C=S) groups is 1. The number of nitrogens with zero attached hydrogens (tertiary/aromatic N) is 2. The van der Waals surface area contributed by atoms with E-state index in [0.717, 1.165) is 37.1 Å². The number of hydrogen-bond acceptors (Lipinski definition) is 2. The van der Waals surface area contributed by atoms with Crippen LogP contribution in [-0.4, -0.2) is 27.7 Å². The molecular formula is C26H25I2N2OS-. The molecule has 0 amide bonds. The second kappa shape index (κ2) is 8.36. The van der Waals surface area contributed by atoms with Crippen molar-refractivity contribution < 1.29 is 19.3 Å². The van der Waals surface area contributed by atoms with Gasteiger partial charge in [0.2, 0.25) is 0 Å². The van der Waals surface area contributed by atoms with Crippen LogP contribution in [0.1, 0.15) is 32.3 Å². The first-order valence-corrected chi connectivity index (χ1v) is 21.1. The van der Waals surface area contributed by atoms with Gasteiger partial charge in [-0.15, -0.1) is 0 Å². The minimum atomic E-state index is -2.79. The maximum atomic E-state index is 13.4. The predicted molar refractivity (Wildman–Crippen MR) is 145 cm³/mol. The van der Waals surface area contributed by atoms with Crippen molar-refractivity contribution in [1.82, 2.24) is 9.47 Å². The number of rotatable bonds is 3. The molecule has 3 aromatic rings. The summed E-state index contributed by atoms with van der Waals surface area (Å²) in [5.74, 6) is 0. The molecule has 1 unspecified atom stereocenters. The third-order valence-corrected chi connectivity index (χ3v) is 25.6. The second-order valence-electron chi connectivity index (χ2n) is 8.13. The van der Waals surface area contributed by atoms with Gasteiger partial charge >= 0.3 is 210 Å². The number of allylic oxidation sites excluding steroid dienone is 6. The number of alkyl halides is 1. The molecular weight excluding hydrogens is 642 g/mol. The van der Waals surface area contributed by atoms with E-state index in [2.05, 4.69) is 97.7 Å². The van der Waals surface area contributed by atoms with E-state index in [0.29, 0.717) is 3.79 Å². The van der Waals surface area contributed by atoms with Gasteiger partial charge in [-0.05, 0) is 0 Å². The average molecular weight is 667 g/mol. The number of likely N-dealkylation sites (N-methyl/N-ethyl adjacent to an activating group) is 1. The molecule has 2 aromatic carbocycles. The predicted octanol–water partition coefficient (Wildman–Crippen LogP) is 4.00. The SMILES string of the molecule is CC[I-]1(I)C(=O)/C(=C(/C)c2ccc3c(c2)c2ccccc2n3C2=CCCC=C2)N(C)C1=S. The molecule has 166 valence electrons. The van der Waals surface area contributed by atoms with Crippen LogP contribution in [0.25, 0.3) is 33.1 Å². The van der Waals surface area contributed by atoms with E-state index >= 15 is 0 Å². The van der Waals surface area contributed by atoms with Gasteiger partial charge < -0.3 is 0 Å². The molecule has 0 bridgehead atoms. The Morgan fingerprint density at radius 2 is 1.88 bits per heavy atom. The summed E-state index contributed by atoms with van der Waals surface area (Å²) in [7, 11) is 1.96. The van der Waals surface area contributed by atoms with Crippen molar-refractivity contribution in [2.24, 2.45) is 0 Å². The van der Waals surface area contributed by atoms with Crippen molar-refractivity contribution in [1.29, 1.82) is 0 Å². The zero-order valence-corrected chi connectivity index (χ0v) is 23.5. The third kappa shape index (κ3) is 3.24. The van der Waals surface area contributed by atoms with Crippen LogP contribution in [0.4, 0.5) is 0 Å². The summed E-state index contributed by atoms with van der Waals surface area (Å²) in [5.41, 5.74) is 6.54. The molecule has 0 radical (unpaired) electrons. The summed E-state index contributed by atoms with van der Waals surface area (Å²) in [6.07, 6.45) is 8.95. The summed E-state index contributed by atoms with van der Waals surface area (Å²) in [6, 6.07) is 15.2. The van der Waals surface area contributed by atoms with E-state index < -0.39 is 14.5 Å². The van der Waals surface area contributed by atoms with Crippen molar-refractivity contribution in [3.63, 3.8) is 0 Å². The van der Waals surface area contributed by atoms with Gasteiger partial charge in [-0.2, -0.15) is 0 Å². The van der Waals surface area contributed by atoms with Gasteiger partial charge in [0.15, 0.2) is 0 Å². The number of carbonyl (C=O) groups is 1. The first-order valence-electron chi connectivity index (χ1n) is 10.8. The number of benzene rings is 2. The van der Waals surface area contributed by atoms with Gasteiger partial charge in [0.05, 0.1) is 0 Å². The monoisotopic (exact) mass is 667 g/mol. The molecule has 0 spiro atoms. The Hall–Kier alpha value is -1.52. The molecule has 1 aliphatic heterocycles. The van der Waals surface area contributed by atoms with E-state index in [1.54, 1.807) is 0 Å². The van der Waals surface area contributed by atoms with E-state index in [-0.39, 0.29) is 0 Å². The first-order chi connectivity index (χ1) is 15.4. The molecule has 1 fully saturated rings. The van der Waals surface area contributed by atoms with Gasteiger partial charge in [-0.1, -0.05) is 0 Å². The Morgan fingerprint density at radius 1 is 1.12 bits per heavy atom. The summed E-state index contributed by atoms with van der Waals surface area (Å²) >= 11 is 5.37. The van der Waals surface area contributed by atoms with Crippen LogP contribution in [0.3, 0.4) is 0 Å². The molecule has 1 aliphatic carbocycles. The zero-order chi connectivity index (χ0) is 22.6. The Kier molecular flexibility index (Phi) is 5.82. The average Bonchev–Trinajstić information content (AvgIpc) is 3.24. The molecule has 6 heteroatoms. The van der Waals surface area contributed by atoms with Crippen LogP contribution in [0.2, 0.25) is 0 Å². The fraction of sp³-hybridized carbons (Fsp3) is 0.231. The summed E-state index contributed by atoms with van der Waals surface area (Å²) < 4.78 is 4.41. The Bertz CT molecular complexity index is 1400. The normalized spacial score (nSPS) is 24.9. The zero-order valence-electron chi connectivity index (χ0n) is 18.4. The first kappa shape index (κ1) is 22.3. The molecule has 0 saturated carbocycles. The van der Waals surface area contributed by atoms with Crippen LogP contribution < -0.4 is 14.5 Å². The quantitative estimate of drug-likeness (QED) is 0.106. The fourth-order valence-corrected chi connectivity index (χ4v) is 13.8. The van der Waals surface area contributed by atoms with Crippen LogP contribution in [0.15, 0.2) is 66.4 Å². The number of hydrogen-bond donors (Lipinski definition) is 0. The Morgan fingerprint density at radius 3 is 2.56 bits per heavy atom. The summed E-state index contributed by atoms with van der Waals surface area (Å²) in [5, 5.41) is 2.45. The molecule has 2 heterocycles. The van der Waals surface area contributed by atoms with E-state index in [1.807, 2.05) is 11.9 Å². The number of carbonyl (C=O) groups excluding carboxylic acids is 1. The van der Waals surface area contributed by atoms with Crippen LogP contribution >= 0.6 is 30.8 Å². The van der Waals surface area contributed by atoms with Gasteiger partial charge in [-0.25, -0.2) is 0 Å². The van der Waals surface area contributed by atoms with Crippen LogP contribution in [0.5, 0.6) is 0 Å². The van der Waals surface area contributed by atoms with Gasteiger partial charge in [0.25, 0.3) is 0 Å². The molecule has 2 aliphatic rings.